The number of benzene rings is 1. The van der Waals surface area contributed by atoms with Crippen LogP contribution < -0.4 is 5.32 Å². The van der Waals surface area contributed by atoms with Crippen molar-refractivity contribution >= 4 is 34.9 Å². The van der Waals surface area contributed by atoms with Gasteiger partial charge in [-0.2, -0.15) is 0 Å². The molecule has 15 heavy (non-hydrogen) atoms. The van der Waals surface area contributed by atoms with Crippen LogP contribution in [0, 0.1) is 0 Å². The molecule has 82 valence electrons. The third kappa shape index (κ3) is 3.98. The summed E-state index contributed by atoms with van der Waals surface area (Å²) in [6.45, 7) is 0.562. The summed E-state index contributed by atoms with van der Waals surface area (Å²) >= 11 is 11.7. The van der Waals surface area contributed by atoms with E-state index in [9.17, 15) is 4.79 Å². The maximum Gasteiger partial charge on any atom is 0.303 e. The Morgan fingerprint density at radius 1 is 1.40 bits per heavy atom. The van der Waals surface area contributed by atoms with Crippen LogP contribution in [0.2, 0.25) is 10.0 Å². The van der Waals surface area contributed by atoms with Gasteiger partial charge in [0.1, 0.15) is 0 Å². The van der Waals surface area contributed by atoms with E-state index in [1.165, 1.54) is 0 Å². The van der Waals surface area contributed by atoms with Crippen LogP contribution in [0.3, 0.4) is 0 Å². The number of halogens is 2. The molecule has 1 aromatic rings. The van der Waals surface area contributed by atoms with Crippen molar-refractivity contribution in [2.24, 2.45) is 0 Å². The van der Waals surface area contributed by atoms with Crippen LogP contribution in [0.25, 0.3) is 0 Å². The Labute approximate surface area is 98.0 Å². The molecule has 0 saturated carbocycles. The molecular weight excluding hydrogens is 237 g/mol. The van der Waals surface area contributed by atoms with E-state index in [0.29, 0.717) is 23.0 Å². The van der Waals surface area contributed by atoms with E-state index in [1.54, 1.807) is 18.2 Å². The van der Waals surface area contributed by atoms with Crippen LogP contribution in [0.4, 0.5) is 5.69 Å². The fraction of sp³-hybridized carbons (Fsp3) is 0.300. The van der Waals surface area contributed by atoms with E-state index in [0.717, 1.165) is 5.69 Å². The zero-order chi connectivity index (χ0) is 11.3. The van der Waals surface area contributed by atoms with Crippen molar-refractivity contribution in [1.82, 2.24) is 0 Å². The van der Waals surface area contributed by atoms with Gasteiger partial charge >= 0.3 is 5.97 Å². The number of anilines is 1. The molecule has 1 rings (SSSR count). The number of aliphatic carboxylic acids is 1. The van der Waals surface area contributed by atoms with Gasteiger partial charge in [0.05, 0.1) is 15.7 Å². The number of carboxylic acid groups (broad SMARTS) is 1. The minimum absolute atomic E-state index is 0.144. The van der Waals surface area contributed by atoms with E-state index in [-0.39, 0.29) is 6.42 Å². The quantitative estimate of drug-likeness (QED) is 0.786. The molecule has 0 atom stereocenters. The first-order valence-electron chi connectivity index (χ1n) is 4.51. The largest absolute Gasteiger partial charge is 0.481 e. The monoisotopic (exact) mass is 247 g/mol. The minimum atomic E-state index is -0.797. The maximum absolute atomic E-state index is 10.3. The minimum Gasteiger partial charge on any atom is -0.481 e. The lowest BCUT2D eigenvalue weighted by atomic mass is 10.3. The van der Waals surface area contributed by atoms with Crippen LogP contribution in [0.1, 0.15) is 12.8 Å². The van der Waals surface area contributed by atoms with Crippen molar-refractivity contribution in [3.8, 4) is 0 Å². The molecule has 0 aliphatic carbocycles. The summed E-state index contributed by atoms with van der Waals surface area (Å²) in [4.78, 5) is 10.3. The van der Waals surface area contributed by atoms with Gasteiger partial charge in [0, 0.05) is 13.0 Å². The van der Waals surface area contributed by atoms with Crippen molar-refractivity contribution < 1.29 is 9.90 Å². The fourth-order valence-electron chi connectivity index (χ4n) is 1.10. The highest BCUT2D eigenvalue weighted by Crippen LogP contribution is 2.29. The lowest BCUT2D eigenvalue weighted by Crippen LogP contribution is -2.05. The summed E-state index contributed by atoms with van der Waals surface area (Å²) in [5.74, 6) is -0.797. The molecule has 0 fully saturated rings. The topological polar surface area (TPSA) is 49.3 Å². The number of hydrogen-bond donors (Lipinski definition) is 2. The summed E-state index contributed by atoms with van der Waals surface area (Å²) < 4.78 is 0. The normalized spacial score (nSPS) is 10.0. The highest BCUT2D eigenvalue weighted by Gasteiger charge is 2.03. The molecule has 0 bridgehead atoms. The summed E-state index contributed by atoms with van der Waals surface area (Å²) in [5, 5.41) is 12.4. The summed E-state index contributed by atoms with van der Waals surface area (Å²) in [6, 6.07) is 5.29. The van der Waals surface area contributed by atoms with Crippen LogP contribution in [-0.2, 0) is 4.79 Å². The summed E-state index contributed by atoms with van der Waals surface area (Å²) in [7, 11) is 0. The Morgan fingerprint density at radius 2 is 2.13 bits per heavy atom. The average molecular weight is 248 g/mol. The second-order valence-electron chi connectivity index (χ2n) is 3.03. The zero-order valence-corrected chi connectivity index (χ0v) is 9.48. The molecule has 0 spiro atoms. The fourth-order valence-corrected chi connectivity index (χ4v) is 1.47. The van der Waals surface area contributed by atoms with Gasteiger partial charge in [-0.3, -0.25) is 4.79 Å². The molecule has 0 aromatic heterocycles. The van der Waals surface area contributed by atoms with Crippen molar-refractivity contribution in [2.75, 3.05) is 11.9 Å². The number of hydrogen-bond acceptors (Lipinski definition) is 2. The molecule has 0 unspecified atom stereocenters. The van der Waals surface area contributed by atoms with E-state index in [4.69, 9.17) is 28.3 Å². The number of carbonyl (C=O) groups is 1. The van der Waals surface area contributed by atoms with Gasteiger partial charge in [0.25, 0.3) is 0 Å². The first-order valence-corrected chi connectivity index (χ1v) is 5.26. The second-order valence-corrected chi connectivity index (χ2v) is 3.81. The number of nitrogens with one attached hydrogen (secondary N) is 1. The van der Waals surface area contributed by atoms with Crippen molar-refractivity contribution in [3.63, 3.8) is 0 Å². The molecule has 0 aliphatic heterocycles. The Balaban J connectivity index is 2.44. The molecule has 1 aromatic carbocycles. The molecule has 0 heterocycles. The number of rotatable bonds is 5. The lowest BCUT2D eigenvalue weighted by Gasteiger charge is -2.08. The van der Waals surface area contributed by atoms with E-state index < -0.39 is 5.97 Å². The van der Waals surface area contributed by atoms with E-state index in [1.807, 2.05) is 0 Å². The molecule has 2 N–H and O–H groups in total. The van der Waals surface area contributed by atoms with Gasteiger partial charge < -0.3 is 10.4 Å². The Bertz CT molecular complexity index is 355. The molecule has 0 saturated heterocycles. The van der Waals surface area contributed by atoms with Gasteiger partial charge in [-0.25, -0.2) is 0 Å². The second kappa shape index (κ2) is 5.83. The summed E-state index contributed by atoms with van der Waals surface area (Å²) in [5.41, 5.74) is 0.731. The third-order valence-corrected chi connectivity index (χ3v) is 2.65. The molecule has 0 aliphatic rings. The predicted octanol–water partition coefficient (Wildman–Crippen LogP) is 3.27. The maximum atomic E-state index is 10.3. The van der Waals surface area contributed by atoms with Crippen LogP contribution >= 0.6 is 23.2 Å². The van der Waals surface area contributed by atoms with Crippen molar-refractivity contribution in [1.29, 1.82) is 0 Å². The SMILES string of the molecule is O=C(O)CCCNc1cccc(Cl)c1Cl. The smallest absolute Gasteiger partial charge is 0.303 e. The van der Waals surface area contributed by atoms with Crippen molar-refractivity contribution in [3.05, 3.63) is 28.2 Å². The van der Waals surface area contributed by atoms with E-state index in [2.05, 4.69) is 5.32 Å². The number of carboxylic acids is 1. The van der Waals surface area contributed by atoms with Gasteiger partial charge in [-0.1, -0.05) is 29.3 Å². The highest BCUT2D eigenvalue weighted by atomic mass is 35.5. The Morgan fingerprint density at radius 3 is 2.80 bits per heavy atom. The molecule has 5 heteroatoms. The van der Waals surface area contributed by atoms with E-state index >= 15 is 0 Å². The van der Waals surface area contributed by atoms with Gasteiger partial charge in [0.15, 0.2) is 0 Å². The molecule has 0 radical (unpaired) electrons. The Kier molecular flexibility index (Phi) is 4.72. The lowest BCUT2D eigenvalue weighted by molar-refractivity contribution is -0.137. The first-order chi connectivity index (χ1) is 7.11. The highest BCUT2D eigenvalue weighted by molar-refractivity contribution is 6.43. The third-order valence-electron chi connectivity index (χ3n) is 1.83. The Hall–Kier alpha value is -0.930. The van der Waals surface area contributed by atoms with Crippen LogP contribution in [-0.4, -0.2) is 17.6 Å². The summed E-state index contributed by atoms with van der Waals surface area (Å²) in [6.07, 6.45) is 0.698. The molecule has 3 nitrogen and oxygen atoms in total. The standard InChI is InChI=1S/C10H11Cl2NO2/c11-7-3-1-4-8(10(7)12)13-6-2-5-9(14)15/h1,3-4,13H,2,5-6H2,(H,14,15). The van der Waals surface area contributed by atoms with Crippen LogP contribution in [0.15, 0.2) is 18.2 Å². The van der Waals surface area contributed by atoms with Crippen LogP contribution in [0.5, 0.6) is 0 Å². The predicted molar refractivity (Wildman–Crippen MR) is 61.8 cm³/mol. The van der Waals surface area contributed by atoms with Gasteiger partial charge in [-0.05, 0) is 18.6 Å². The first kappa shape index (κ1) is 12.1. The van der Waals surface area contributed by atoms with Gasteiger partial charge in [0.2, 0.25) is 0 Å². The van der Waals surface area contributed by atoms with Gasteiger partial charge in [-0.15, -0.1) is 0 Å². The molecular formula is C10H11Cl2NO2. The van der Waals surface area contributed by atoms with Crippen molar-refractivity contribution in [2.45, 2.75) is 12.8 Å². The molecule has 0 amide bonds. The zero-order valence-electron chi connectivity index (χ0n) is 7.96. The average Bonchev–Trinajstić information content (AvgIpc) is 2.18.